The van der Waals surface area contributed by atoms with Crippen molar-refractivity contribution in [1.82, 2.24) is 19.9 Å². The summed E-state index contributed by atoms with van der Waals surface area (Å²) < 4.78 is 0. The number of hydrogen-bond donors (Lipinski definition) is 1. The molecular weight excluding hydrogens is 254 g/mol. The van der Waals surface area contributed by atoms with Gasteiger partial charge in [-0.1, -0.05) is 11.3 Å². The highest BCUT2D eigenvalue weighted by atomic mass is 32.1. The molecule has 5 nitrogen and oxygen atoms in total. The molecule has 0 aliphatic heterocycles. The second-order valence-corrected chi connectivity index (χ2v) is 5.43. The first-order valence-electron chi connectivity index (χ1n) is 5.03. The number of hydrogen-bond acceptors (Lipinski definition) is 7. The van der Waals surface area contributed by atoms with Crippen LogP contribution in [0.4, 0.5) is 0 Å². The zero-order chi connectivity index (χ0) is 11.8. The predicted octanol–water partition coefficient (Wildman–Crippen LogP) is 2.23. The van der Waals surface area contributed by atoms with Gasteiger partial charge in [-0.15, -0.1) is 11.3 Å². The van der Waals surface area contributed by atoms with Gasteiger partial charge in [-0.25, -0.2) is 19.9 Å². The minimum atomic E-state index is -0.0422. The maximum absolute atomic E-state index is 5.79. The smallest absolute Gasteiger partial charge is 0.190 e. The van der Waals surface area contributed by atoms with Crippen LogP contribution in [0.25, 0.3) is 21.2 Å². The van der Waals surface area contributed by atoms with Crippen LogP contribution in [0.2, 0.25) is 0 Å². The predicted molar refractivity (Wildman–Crippen MR) is 68.9 cm³/mol. The van der Waals surface area contributed by atoms with Crippen molar-refractivity contribution in [2.24, 2.45) is 5.73 Å². The quantitative estimate of drug-likeness (QED) is 0.767. The summed E-state index contributed by atoms with van der Waals surface area (Å²) in [6.45, 7) is 1.92. The third-order valence-electron chi connectivity index (χ3n) is 2.18. The molecule has 0 aromatic carbocycles. The van der Waals surface area contributed by atoms with Crippen LogP contribution in [-0.2, 0) is 0 Å². The third-order valence-corrected chi connectivity index (χ3v) is 4.20. The number of thiazole rings is 2. The van der Waals surface area contributed by atoms with Gasteiger partial charge in [-0.2, -0.15) is 0 Å². The molecule has 17 heavy (non-hydrogen) atoms. The van der Waals surface area contributed by atoms with Crippen molar-refractivity contribution in [1.29, 1.82) is 0 Å². The topological polar surface area (TPSA) is 77.6 Å². The number of nitrogens with two attached hydrogens (primary N) is 1. The fraction of sp³-hybridized carbons (Fsp3) is 0.200. The molecule has 3 rings (SSSR count). The largest absolute Gasteiger partial charge is 0.322 e. The molecule has 86 valence electrons. The summed E-state index contributed by atoms with van der Waals surface area (Å²) in [5.74, 6) is 0. The van der Waals surface area contributed by atoms with E-state index in [9.17, 15) is 0 Å². The van der Waals surface area contributed by atoms with Crippen molar-refractivity contribution >= 4 is 33.2 Å². The average Bonchev–Trinajstić information content (AvgIpc) is 2.95. The Bertz CT molecular complexity index is 624. The van der Waals surface area contributed by atoms with Crippen LogP contribution >= 0.6 is 22.7 Å². The van der Waals surface area contributed by atoms with E-state index in [1.807, 2.05) is 12.3 Å². The molecule has 1 unspecified atom stereocenters. The van der Waals surface area contributed by atoms with Gasteiger partial charge in [0, 0.05) is 17.8 Å². The van der Waals surface area contributed by atoms with E-state index in [2.05, 4.69) is 19.9 Å². The summed E-state index contributed by atoms with van der Waals surface area (Å²) >= 11 is 3.05. The van der Waals surface area contributed by atoms with Gasteiger partial charge in [0.15, 0.2) is 10.5 Å². The van der Waals surface area contributed by atoms with Crippen molar-refractivity contribution in [3.8, 4) is 10.7 Å². The van der Waals surface area contributed by atoms with Crippen molar-refractivity contribution in [3.63, 3.8) is 0 Å². The maximum Gasteiger partial charge on any atom is 0.190 e. The lowest BCUT2D eigenvalue weighted by Crippen LogP contribution is -2.03. The summed E-state index contributed by atoms with van der Waals surface area (Å²) in [4.78, 5) is 18.1. The van der Waals surface area contributed by atoms with Gasteiger partial charge in [-0.05, 0) is 6.92 Å². The van der Waals surface area contributed by atoms with Crippen LogP contribution in [0.1, 0.15) is 18.0 Å². The SMILES string of the molecule is CC(N)c1nc(-c2nc3nccnc3s2)cs1. The van der Waals surface area contributed by atoms with Crippen LogP contribution in [0, 0.1) is 0 Å². The van der Waals surface area contributed by atoms with Crippen LogP contribution < -0.4 is 5.73 Å². The van der Waals surface area contributed by atoms with Gasteiger partial charge in [0.1, 0.15) is 15.7 Å². The molecule has 0 saturated heterocycles. The second-order valence-electron chi connectivity index (χ2n) is 3.56. The molecule has 0 aliphatic carbocycles. The molecule has 0 bridgehead atoms. The molecule has 1 atom stereocenters. The second kappa shape index (κ2) is 4.10. The number of rotatable bonds is 2. The summed E-state index contributed by atoms with van der Waals surface area (Å²) in [6.07, 6.45) is 3.30. The zero-order valence-corrected chi connectivity index (χ0v) is 10.6. The Morgan fingerprint density at radius 1 is 1.24 bits per heavy atom. The summed E-state index contributed by atoms with van der Waals surface area (Å²) in [5, 5.41) is 3.73. The van der Waals surface area contributed by atoms with Crippen LogP contribution in [-0.4, -0.2) is 19.9 Å². The minimum absolute atomic E-state index is 0.0422. The Hall–Kier alpha value is -1.44. The first-order chi connectivity index (χ1) is 8.24. The third kappa shape index (κ3) is 1.92. The molecule has 3 aromatic heterocycles. The van der Waals surface area contributed by atoms with E-state index in [-0.39, 0.29) is 6.04 Å². The normalized spacial score (nSPS) is 13.1. The lowest BCUT2D eigenvalue weighted by atomic mass is 10.4. The Morgan fingerprint density at radius 3 is 2.76 bits per heavy atom. The highest BCUT2D eigenvalue weighted by Crippen LogP contribution is 2.29. The van der Waals surface area contributed by atoms with E-state index >= 15 is 0 Å². The number of nitrogens with zero attached hydrogens (tertiary/aromatic N) is 4. The molecule has 0 saturated carbocycles. The van der Waals surface area contributed by atoms with Crippen molar-refractivity contribution in [2.45, 2.75) is 13.0 Å². The van der Waals surface area contributed by atoms with Gasteiger partial charge in [-0.3, -0.25) is 0 Å². The maximum atomic E-state index is 5.79. The Balaban J connectivity index is 2.07. The van der Waals surface area contributed by atoms with Gasteiger partial charge >= 0.3 is 0 Å². The molecule has 7 heteroatoms. The van der Waals surface area contributed by atoms with Gasteiger partial charge < -0.3 is 5.73 Å². The van der Waals surface area contributed by atoms with Gasteiger partial charge in [0.2, 0.25) is 0 Å². The van der Waals surface area contributed by atoms with Crippen molar-refractivity contribution in [2.75, 3.05) is 0 Å². The Kier molecular flexibility index (Phi) is 2.58. The van der Waals surface area contributed by atoms with Crippen molar-refractivity contribution in [3.05, 3.63) is 22.8 Å². The van der Waals surface area contributed by atoms with Crippen LogP contribution in [0.3, 0.4) is 0 Å². The fourth-order valence-corrected chi connectivity index (χ4v) is 3.05. The summed E-state index contributed by atoms with van der Waals surface area (Å²) in [7, 11) is 0. The minimum Gasteiger partial charge on any atom is -0.322 e. The lowest BCUT2D eigenvalue weighted by Gasteiger charge is -1.96. The average molecular weight is 263 g/mol. The summed E-state index contributed by atoms with van der Waals surface area (Å²) in [5.41, 5.74) is 7.31. The first-order valence-corrected chi connectivity index (χ1v) is 6.72. The monoisotopic (exact) mass is 263 g/mol. The lowest BCUT2D eigenvalue weighted by molar-refractivity contribution is 0.808. The Morgan fingerprint density at radius 2 is 2.06 bits per heavy atom. The highest BCUT2D eigenvalue weighted by molar-refractivity contribution is 7.21. The summed E-state index contributed by atoms with van der Waals surface area (Å²) in [6, 6.07) is -0.0422. The van der Waals surface area contributed by atoms with Crippen LogP contribution in [0.5, 0.6) is 0 Å². The molecule has 0 fully saturated rings. The molecule has 3 heterocycles. The molecule has 0 amide bonds. The molecular formula is C10H9N5S2. The van der Waals surface area contributed by atoms with Crippen LogP contribution in [0.15, 0.2) is 17.8 Å². The van der Waals surface area contributed by atoms with E-state index in [0.717, 1.165) is 20.5 Å². The van der Waals surface area contributed by atoms with Gasteiger partial charge in [0.05, 0.1) is 6.04 Å². The first kappa shape index (κ1) is 10.7. The fourth-order valence-electron chi connectivity index (χ4n) is 1.38. The van der Waals surface area contributed by atoms with Gasteiger partial charge in [0.25, 0.3) is 0 Å². The van der Waals surface area contributed by atoms with E-state index in [1.54, 1.807) is 23.7 Å². The van der Waals surface area contributed by atoms with E-state index in [0.29, 0.717) is 5.65 Å². The Labute approximate surface area is 105 Å². The molecule has 3 aromatic rings. The molecule has 2 N–H and O–H groups in total. The molecule has 0 aliphatic rings. The molecule has 0 spiro atoms. The highest BCUT2D eigenvalue weighted by Gasteiger charge is 2.12. The number of fused-ring (bicyclic) bond motifs is 1. The van der Waals surface area contributed by atoms with E-state index < -0.39 is 0 Å². The van der Waals surface area contributed by atoms with E-state index in [4.69, 9.17) is 5.73 Å². The standard InChI is InChI=1S/C10H9N5S2/c1-5(11)8-14-6(4-16-8)9-15-7-10(17-9)13-3-2-12-7/h2-5H,11H2,1H3. The number of aromatic nitrogens is 4. The zero-order valence-electron chi connectivity index (χ0n) is 8.99. The van der Waals surface area contributed by atoms with Crippen molar-refractivity contribution < 1.29 is 0 Å². The van der Waals surface area contributed by atoms with E-state index in [1.165, 1.54) is 11.3 Å². The molecule has 0 radical (unpaired) electrons.